The van der Waals surface area contributed by atoms with Gasteiger partial charge in [-0.2, -0.15) is 5.26 Å². The number of nitrogens with zero attached hydrogens (tertiary/aromatic N) is 2. The van der Waals surface area contributed by atoms with E-state index in [4.69, 9.17) is 16.6 Å². The number of carbonyl (C=O) groups excluding carboxylic acids is 1. The van der Waals surface area contributed by atoms with E-state index in [1.807, 2.05) is 25.1 Å². The number of anilines is 1. The van der Waals surface area contributed by atoms with Gasteiger partial charge in [0.2, 0.25) is 5.91 Å². The highest BCUT2D eigenvalue weighted by Crippen LogP contribution is 2.36. The van der Waals surface area contributed by atoms with Crippen LogP contribution in [0.5, 0.6) is 0 Å². The zero-order valence-electron chi connectivity index (χ0n) is 17.8. The first kappa shape index (κ1) is 22.4. The maximum Gasteiger partial charge on any atom is 0.237 e. The van der Waals surface area contributed by atoms with Crippen molar-refractivity contribution < 1.29 is 4.79 Å². The van der Waals surface area contributed by atoms with Gasteiger partial charge in [-0.15, -0.1) is 0 Å². The van der Waals surface area contributed by atoms with E-state index in [0.717, 1.165) is 30.5 Å². The number of thioether (sulfide) groups is 1. The van der Waals surface area contributed by atoms with Crippen molar-refractivity contribution in [2.24, 2.45) is 0 Å². The molecule has 1 aromatic heterocycles. The fraction of sp³-hybridized carbons (Fsp3) is 0.269. The molecule has 0 fully saturated rings. The number of amides is 1. The van der Waals surface area contributed by atoms with Gasteiger partial charge in [0.15, 0.2) is 0 Å². The molecule has 1 amide bonds. The Hall–Kier alpha value is -2.81. The van der Waals surface area contributed by atoms with Gasteiger partial charge in [0, 0.05) is 16.4 Å². The summed E-state index contributed by atoms with van der Waals surface area (Å²) in [6.45, 7) is 1.96. The molecule has 6 heteroatoms. The monoisotopic (exact) mass is 461 g/mol. The molecule has 1 aliphatic carbocycles. The molecule has 1 N–H and O–H groups in total. The lowest BCUT2D eigenvalue weighted by molar-refractivity contribution is -0.115. The number of nitriles is 1. The highest BCUT2D eigenvalue weighted by molar-refractivity contribution is 8.00. The normalized spacial score (nSPS) is 16.0. The van der Waals surface area contributed by atoms with Crippen LogP contribution < -0.4 is 5.32 Å². The Bertz CT molecular complexity index is 1160. The Balaban J connectivity index is 1.52. The van der Waals surface area contributed by atoms with Gasteiger partial charge in [0.05, 0.1) is 10.8 Å². The summed E-state index contributed by atoms with van der Waals surface area (Å²) in [5.41, 5.74) is 4.72. The van der Waals surface area contributed by atoms with Gasteiger partial charge in [-0.05, 0) is 67.0 Å². The van der Waals surface area contributed by atoms with Crippen molar-refractivity contribution in [3.63, 3.8) is 0 Å². The summed E-state index contributed by atoms with van der Waals surface area (Å²) in [5.74, 6) is 0.328. The number of pyridine rings is 1. The molecule has 0 saturated heterocycles. The molecule has 0 radical (unpaired) electrons. The maximum atomic E-state index is 12.9. The third-order valence-corrected chi connectivity index (χ3v) is 7.35. The lowest BCUT2D eigenvalue weighted by atomic mass is 9.82. The van der Waals surface area contributed by atoms with Crippen LogP contribution in [0, 0.1) is 11.3 Å². The minimum atomic E-state index is -0.354. The van der Waals surface area contributed by atoms with Gasteiger partial charge >= 0.3 is 0 Å². The number of benzene rings is 2. The van der Waals surface area contributed by atoms with Crippen LogP contribution in [0.15, 0.2) is 65.7 Å². The molecule has 4 rings (SSSR count). The standard InChI is InChI=1S/C26H24ClN3OS/c1-2-24(25(31)29-22-10-6-9-21(27)15-22)32-26-20(16-28)14-19-13-18(11-12-23(19)30-26)17-7-4-3-5-8-17/h3-10,14-15,18,24H,2,11-13H2,1H3,(H,29,31). The van der Waals surface area contributed by atoms with Crippen molar-refractivity contribution in [1.82, 2.24) is 4.98 Å². The second-order valence-corrected chi connectivity index (χ2v) is 9.55. The van der Waals surface area contributed by atoms with Crippen molar-refractivity contribution >= 4 is 35.0 Å². The second-order valence-electron chi connectivity index (χ2n) is 7.92. The number of fused-ring (bicyclic) bond motifs is 1. The number of hydrogen-bond acceptors (Lipinski definition) is 4. The van der Waals surface area contributed by atoms with Crippen molar-refractivity contribution in [1.29, 1.82) is 5.26 Å². The average molecular weight is 462 g/mol. The van der Waals surface area contributed by atoms with Gasteiger partial charge in [0.25, 0.3) is 0 Å². The number of nitrogens with one attached hydrogen (secondary N) is 1. The number of halogens is 1. The molecule has 2 unspecified atom stereocenters. The molecule has 3 aromatic rings. The van der Waals surface area contributed by atoms with Gasteiger partial charge in [-0.25, -0.2) is 4.98 Å². The van der Waals surface area contributed by atoms with Gasteiger partial charge in [0.1, 0.15) is 11.1 Å². The Morgan fingerprint density at radius 1 is 1.25 bits per heavy atom. The smallest absolute Gasteiger partial charge is 0.237 e. The van der Waals surface area contributed by atoms with Crippen LogP contribution >= 0.6 is 23.4 Å². The first-order chi connectivity index (χ1) is 15.6. The van der Waals surface area contributed by atoms with E-state index in [1.54, 1.807) is 18.2 Å². The first-order valence-electron chi connectivity index (χ1n) is 10.8. The molecule has 1 heterocycles. The lowest BCUT2D eigenvalue weighted by Gasteiger charge is -2.25. The molecule has 0 aliphatic heterocycles. The predicted octanol–water partition coefficient (Wildman–Crippen LogP) is 6.39. The minimum absolute atomic E-state index is 0.118. The summed E-state index contributed by atoms with van der Waals surface area (Å²) in [6, 6.07) is 21.9. The quantitative estimate of drug-likeness (QED) is 0.432. The maximum absolute atomic E-state index is 12.9. The van der Waals surface area contributed by atoms with Crippen LogP contribution in [0.3, 0.4) is 0 Å². The molecular weight excluding hydrogens is 438 g/mol. The SMILES string of the molecule is CCC(Sc1nc2c(cc1C#N)CC(c1ccccc1)CC2)C(=O)Nc1cccc(Cl)c1. The van der Waals surface area contributed by atoms with Gasteiger partial charge in [-0.3, -0.25) is 4.79 Å². The van der Waals surface area contributed by atoms with E-state index < -0.39 is 0 Å². The molecular formula is C26H24ClN3OS. The fourth-order valence-corrected chi connectivity index (χ4v) is 5.26. The highest BCUT2D eigenvalue weighted by atomic mass is 35.5. The van der Waals surface area contributed by atoms with Crippen LogP contribution in [-0.4, -0.2) is 16.1 Å². The Morgan fingerprint density at radius 3 is 2.78 bits per heavy atom. The lowest BCUT2D eigenvalue weighted by Crippen LogP contribution is -2.25. The summed E-state index contributed by atoms with van der Waals surface area (Å²) in [5, 5.41) is 13.5. The van der Waals surface area contributed by atoms with E-state index in [2.05, 4.69) is 35.7 Å². The topological polar surface area (TPSA) is 65.8 Å². The number of aromatic nitrogens is 1. The van der Waals surface area contributed by atoms with Crippen LogP contribution in [0.25, 0.3) is 0 Å². The molecule has 4 nitrogen and oxygen atoms in total. The fourth-order valence-electron chi connectivity index (χ4n) is 4.07. The third kappa shape index (κ3) is 5.15. The predicted molar refractivity (Wildman–Crippen MR) is 130 cm³/mol. The largest absolute Gasteiger partial charge is 0.325 e. The van der Waals surface area contributed by atoms with Gasteiger partial charge < -0.3 is 5.32 Å². The van der Waals surface area contributed by atoms with Crippen LogP contribution in [0.2, 0.25) is 5.02 Å². The molecule has 2 aromatic carbocycles. The molecule has 162 valence electrons. The summed E-state index contributed by atoms with van der Waals surface area (Å²) in [4.78, 5) is 17.7. The summed E-state index contributed by atoms with van der Waals surface area (Å²) in [6.07, 6.45) is 3.42. The summed E-state index contributed by atoms with van der Waals surface area (Å²) in [7, 11) is 0. The zero-order valence-corrected chi connectivity index (χ0v) is 19.4. The van der Waals surface area contributed by atoms with Crippen molar-refractivity contribution in [2.75, 3.05) is 5.32 Å². The molecule has 1 aliphatic rings. The number of rotatable bonds is 6. The highest BCUT2D eigenvalue weighted by Gasteiger charge is 2.25. The first-order valence-corrected chi connectivity index (χ1v) is 12.0. The van der Waals surface area contributed by atoms with Crippen molar-refractivity contribution in [2.45, 2.75) is 48.8 Å². The van der Waals surface area contributed by atoms with Crippen molar-refractivity contribution in [3.8, 4) is 6.07 Å². The number of carbonyl (C=O) groups is 1. The van der Waals surface area contributed by atoms with E-state index in [9.17, 15) is 10.1 Å². The Morgan fingerprint density at radius 2 is 2.06 bits per heavy atom. The van der Waals surface area contributed by atoms with Crippen molar-refractivity contribution in [3.05, 3.63) is 88.1 Å². The van der Waals surface area contributed by atoms with E-state index in [0.29, 0.717) is 33.6 Å². The molecule has 0 saturated carbocycles. The Kier molecular flexibility index (Phi) is 7.14. The molecule has 0 spiro atoms. The Labute approximate surface area is 198 Å². The van der Waals surface area contributed by atoms with E-state index in [1.165, 1.54) is 17.3 Å². The number of aryl methyl sites for hydroxylation is 1. The molecule has 32 heavy (non-hydrogen) atoms. The zero-order chi connectivity index (χ0) is 22.5. The van der Waals surface area contributed by atoms with Crippen LogP contribution in [0.1, 0.15) is 48.1 Å². The third-order valence-electron chi connectivity index (χ3n) is 5.75. The summed E-state index contributed by atoms with van der Waals surface area (Å²) >= 11 is 7.39. The molecule has 2 atom stereocenters. The summed E-state index contributed by atoms with van der Waals surface area (Å²) < 4.78 is 0. The second kappa shape index (κ2) is 10.2. The van der Waals surface area contributed by atoms with Crippen LogP contribution in [-0.2, 0) is 17.6 Å². The minimum Gasteiger partial charge on any atom is -0.325 e. The van der Waals surface area contributed by atoms with Crippen LogP contribution in [0.4, 0.5) is 5.69 Å². The number of hydrogen-bond donors (Lipinski definition) is 1. The van der Waals surface area contributed by atoms with E-state index >= 15 is 0 Å². The van der Waals surface area contributed by atoms with Gasteiger partial charge in [-0.1, -0.05) is 66.7 Å². The average Bonchev–Trinajstić information content (AvgIpc) is 2.82. The van der Waals surface area contributed by atoms with E-state index in [-0.39, 0.29) is 11.2 Å². The molecule has 0 bridgehead atoms.